The van der Waals surface area contributed by atoms with E-state index in [4.69, 9.17) is 9.47 Å². The van der Waals surface area contributed by atoms with E-state index in [-0.39, 0.29) is 41.2 Å². The summed E-state index contributed by atoms with van der Waals surface area (Å²) in [5.74, 6) is 0.790. The van der Waals surface area contributed by atoms with Crippen LogP contribution in [-0.4, -0.2) is 11.9 Å². The Bertz CT molecular complexity index is 2010. The van der Waals surface area contributed by atoms with Crippen molar-refractivity contribution in [3.05, 3.63) is 91.2 Å². The number of ether oxygens (including phenoxy) is 2. The van der Waals surface area contributed by atoms with Crippen LogP contribution in [0.3, 0.4) is 0 Å². The van der Waals surface area contributed by atoms with Crippen molar-refractivity contribution in [2.75, 3.05) is 0 Å². The fourth-order valence-corrected chi connectivity index (χ4v) is 11.2. The lowest BCUT2D eigenvalue weighted by molar-refractivity contribution is -0.141. The van der Waals surface area contributed by atoms with Crippen molar-refractivity contribution in [3.8, 4) is 23.6 Å². The molecule has 9 rings (SSSR count). The molecular weight excluding hydrogens is 649 g/mol. The molecule has 6 nitrogen and oxygen atoms in total. The maximum Gasteiger partial charge on any atom is 0.314 e. The molecule has 0 radical (unpaired) electrons. The number of hydrogen-bond acceptors (Lipinski definition) is 8. The van der Waals surface area contributed by atoms with E-state index in [0.29, 0.717) is 37.4 Å². The maximum atomic E-state index is 14.1. The van der Waals surface area contributed by atoms with Gasteiger partial charge >= 0.3 is 11.9 Å². The smallest absolute Gasteiger partial charge is 0.314 e. The monoisotopic (exact) mass is 686 g/mol. The van der Waals surface area contributed by atoms with Crippen LogP contribution in [0, 0.1) is 53.3 Å². The van der Waals surface area contributed by atoms with E-state index in [1.54, 1.807) is 0 Å². The summed E-state index contributed by atoms with van der Waals surface area (Å²) in [5.41, 5.74) is 7.49. The van der Waals surface area contributed by atoms with E-state index < -0.39 is 0 Å². The van der Waals surface area contributed by atoms with Gasteiger partial charge in [-0.25, -0.2) is 0 Å². The summed E-state index contributed by atoms with van der Waals surface area (Å²) in [6, 6.07) is 19.1. The van der Waals surface area contributed by atoms with Gasteiger partial charge in [0.15, 0.2) is 11.5 Å². The summed E-state index contributed by atoms with van der Waals surface area (Å²) in [5, 5.41) is 19.8. The number of esters is 2. The van der Waals surface area contributed by atoms with Crippen LogP contribution in [0.5, 0.6) is 11.5 Å². The highest BCUT2D eigenvalue weighted by Crippen LogP contribution is 2.68. The van der Waals surface area contributed by atoms with Crippen LogP contribution in [0.2, 0.25) is 0 Å². The number of fused-ring (bicyclic) bond motifs is 1. The molecule has 0 amide bonds. The molecule has 0 saturated heterocycles. The largest absolute Gasteiger partial charge is 0.425 e. The molecule has 49 heavy (non-hydrogen) atoms. The minimum Gasteiger partial charge on any atom is -0.425 e. The number of benzene rings is 3. The lowest BCUT2D eigenvalue weighted by Crippen LogP contribution is -2.32. The van der Waals surface area contributed by atoms with Crippen LogP contribution >= 0.6 is 23.5 Å². The number of hydrogen-bond donors (Lipinski definition) is 0. The SMILES string of the molecule is Cc1ccc2c(c1)C1c3ccccc3C2c2c(OC(=O)C3CCC(C)CC3)c3c(c(OC(=O)C4CCC(C)CC4)c21)SC(=C(C#N)C#N)S3. The standard InChI is InChI=1S/C41H38N2O4S2/c1-21-8-13-24(14-9-21)39(44)46-35-33-31-27-6-4-5-7-28(27)32(30-18-23(3)12-17-29(30)31)34(33)36(47-40(45)25-15-10-22(2)11-16-25)38-37(35)48-41(49-38)26(19-42)20-43/h4-7,12,17-18,21-22,24-25,31-32H,8-11,13-16H2,1-3H3. The minimum atomic E-state index is -0.247. The van der Waals surface area contributed by atoms with Crippen LogP contribution in [0.1, 0.15) is 116 Å². The summed E-state index contributed by atoms with van der Waals surface area (Å²) in [6.07, 6.45) is 7.10. The number of carbonyl (C=O) groups is 2. The number of rotatable bonds is 4. The highest BCUT2D eigenvalue weighted by molar-refractivity contribution is 8.24. The molecule has 5 aliphatic carbocycles. The average molecular weight is 687 g/mol. The molecule has 3 aromatic carbocycles. The van der Waals surface area contributed by atoms with E-state index in [1.165, 1.54) is 29.1 Å². The first kappa shape index (κ1) is 32.2. The predicted molar refractivity (Wildman–Crippen MR) is 189 cm³/mol. The van der Waals surface area contributed by atoms with E-state index in [1.807, 2.05) is 0 Å². The molecule has 1 heterocycles. The second-order valence-electron chi connectivity index (χ2n) is 14.6. The van der Waals surface area contributed by atoms with Crippen molar-refractivity contribution < 1.29 is 19.1 Å². The van der Waals surface area contributed by atoms with Gasteiger partial charge < -0.3 is 9.47 Å². The van der Waals surface area contributed by atoms with Crippen LogP contribution in [0.4, 0.5) is 0 Å². The van der Waals surface area contributed by atoms with Crippen LogP contribution in [0.15, 0.2) is 62.1 Å². The highest BCUT2D eigenvalue weighted by atomic mass is 32.2. The number of aryl methyl sites for hydroxylation is 1. The van der Waals surface area contributed by atoms with Crippen LogP contribution in [0.25, 0.3) is 0 Å². The summed E-state index contributed by atoms with van der Waals surface area (Å²) >= 11 is 2.56. The summed E-state index contributed by atoms with van der Waals surface area (Å²) < 4.78 is 13.8. The summed E-state index contributed by atoms with van der Waals surface area (Å²) in [4.78, 5) is 29.5. The first-order chi connectivity index (χ1) is 23.8. The molecule has 2 fully saturated rings. The van der Waals surface area contributed by atoms with Crippen molar-refractivity contribution in [2.45, 2.75) is 93.8 Å². The van der Waals surface area contributed by atoms with Gasteiger partial charge in [0.1, 0.15) is 17.7 Å². The first-order valence-corrected chi connectivity index (χ1v) is 19.2. The Balaban J connectivity index is 1.37. The molecule has 1 aliphatic heterocycles. The predicted octanol–water partition coefficient (Wildman–Crippen LogP) is 9.90. The quantitative estimate of drug-likeness (QED) is 0.105. The second-order valence-corrected chi connectivity index (χ2v) is 16.9. The van der Waals surface area contributed by atoms with E-state index in [9.17, 15) is 20.1 Å². The Morgan fingerprint density at radius 2 is 1.12 bits per heavy atom. The van der Waals surface area contributed by atoms with Crippen molar-refractivity contribution in [2.24, 2.45) is 23.7 Å². The van der Waals surface area contributed by atoms with Gasteiger partial charge in [-0.1, -0.05) is 85.4 Å². The lowest BCUT2D eigenvalue weighted by Gasteiger charge is -2.44. The van der Waals surface area contributed by atoms with Crippen molar-refractivity contribution in [3.63, 3.8) is 0 Å². The molecular formula is C41H38N2O4S2. The molecule has 3 aromatic rings. The van der Waals surface area contributed by atoms with Gasteiger partial charge in [0.25, 0.3) is 0 Å². The first-order valence-electron chi connectivity index (χ1n) is 17.5. The molecule has 2 bridgehead atoms. The molecule has 2 unspecified atom stereocenters. The minimum absolute atomic E-state index is 0.00794. The Morgan fingerprint density at radius 1 is 0.673 bits per heavy atom. The third-order valence-electron chi connectivity index (χ3n) is 11.4. The summed E-state index contributed by atoms with van der Waals surface area (Å²) in [7, 11) is 0. The number of allylic oxidation sites excluding steroid dienone is 1. The third-order valence-corrected chi connectivity index (χ3v) is 14.0. The Kier molecular flexibility index (Phi) is 8.37. The van der Waals surface area contributed by atoms with Crippen molar-refractivity contribution in [1.82, 2.24) is 0 Å². The molecule has 248 valence electrons. The molecule has 2 saturated carbocycles. The van der Waals surface area contributed by atoms with Crippen molar-refractivity contribution in [1.29, 1.82) is 10.5 Å². The zero-order valence-corrected chi connectivity index (χ0v) is 29.6. The van der Waals surface area contributed by atoms with Gasteiger partial charge in [0, 0.05) is 23.0 Å². The van der Waals surface area contributed by atoms with E-state index >= 15 is 0 Å². The molecule has 0 N–H and O–H groups in total. The van der Waals surface area contributed by atoms with Crippen LogP contribution in [-0.2, 0) is 9.59 Å². The van der Waals surface area contributed by atoms with E-state index in [2.05, 4.69) is 75.4 Å². The lowest BCUT2D eigenvalue weighted by atomic mass is 9.60. The normalized spacial score (nSPS) is 25.9. The Morgan fingerprint density at radius 3 is 1.59 bits per heavy atom. The van der Waals surface area contributed by atoms with Gasteiger partial charge in [-0.15, -0.1) is 0 Å². The second kappa shape index (κ2) is 12.7. The highest BCUT2D eigenvalue weighted by Gasteiger charge is 2.49. The third kappa shape index (κ3) is 5.40. The molecule has 0 aromatic heterocycles. The topological polar surface area (TPSA) is 100 Å². The molecule has 8 heteroatoms. The van der Waals surface area contributed by atoms with Gasteiger partial charge in [-0.2, -0.15) is 10.5 Å². The number of nitriles is 2. The fraction of sp³-hybridized carbons (Fsp3) is 0.415. The van der Waals surface area contributed by atoms with Gasteiger partial charge in [0.2, 0.25) is 0 Å². The average Bonchev–Trinajstić information content (AvgIpc) is 3.55. The van der Waals surface area contributed by atoms with Crippen molar-refractivity contribution >= 4 is 35.5 Å². The number of nitrogens with zero attached hydrogens (tertiary/aromatic N) is 2. The van der Waals surface area contributed by atoms with Crippen LogP contribution < -0.4 is 9.47 Å². The number of thioether (sulfide) groups is 2. The molecule has 6 aliphatic rings. The van der Waals surface area contributed by atoms with Gasteiger partial charge in [-0.3, -0.25) is 9.59 Å². The van der Waals surface area contributed by atoms with Gasteiger partial charge in [0.05, 0.1) is 25.9 Å². The van der Waals surface area contributed by atoms with Gasteiger partial charge in [-0.05, 0) is 92.4 Å². The van der Waals surface area contributed by atoms with E-state index in [0.717, 1.165) is 84.7 Å². The maximum absolute atomic E-state index is 14.1. The molecule has 0 spiro atoms. The Labute approximate surface area is 296 Å². The fourth-order valence-electron chi connectivity index (χ4n) is 8.64. The molecule has 2 atom stereocenters. The Hall–Kier alpha value is -3.98. The zero-order valence-electron chi connectivity index (χ0n) is 28.0. The summed E-state index contributed by atoms with van der Waals surface area (Å²) in [6.45, 7) is 6.56. The zero-order chi connectivity index (χ0) is 34.0. The number of carbonyl (C=O) groups excluding carboxylic acids is 2.